The van der Waals surface area contributed by atoms with E-state index in [4.69, 9.17) is 5.73 Å². The van der Waals surface area contributed by atoms with Crippen LogP contribution in [0.3, 0.4) is 0 Å². The summed E-state index contributed by atoms with van der Waals surface area (Å²) in [6, 6.07) is 10.1. The van der Waals surface area contributed by atoms with E-state index in [0.717, 1.165) is 0 Å². The molecule has 3 N–H and O–H groups in total. The van der Waals surface area contributed by atoms with Crippen molar-refractivity contribution in [3.05, 3.63) is 35.9 Å². The zero-order chi connectivity index (χ0) is 9.31. The van der Waals surface area contributed by atoms with Gasteiger partial charge in [-0.3, -0.25) is 5.43 Å². The van der Waals surface area contributed by atoms with E-state index in [2.05, 4.69) is 29.6 Å². The predicted molar refractivity (Wildman–Crippen MR) is 56.1 cm³/mol. The molecule has 0 saturated carbocycles. The van der Waals surface area contributed by atoms with Gasteiger partial charge < -0.3 is 5.73 Å². The lowest BCUT2D eigenvalue weighted by Crippen LogP contribution is -2.28. The molecular weight excluding hydrogens is 182 g/mol. The van der Waals surface area contributed by atoms with Gasteiger partial charge in [-0.2, -0.15) is 5.10 Å². The zero-order valence-corrected chi connectivity index (χ0v) is 8.14. The third-order valence-corrected chi connectivity index (χ3v) is 3.05. The van der Waals surface area contributed by atoms with Gasteiger partial charge >= 0.3 is 0 Å². The Morgan fingerprint density at radius 2 is 2.08 bits per heavy atom. The van der Waals surface area contributed by atoms with Crippen LogP contribution in [0.1, 0.15) is 12.5 Å². The number of hydrazone groups is 1. The van der Waals surface area contributed by atoms with Gasteiger partial charge in [-0.15, -0.1) is 0 Å². The van der Waals surface area contributed by atoms with Crippen molar-refractivity contribution < 1.29 is 0 Å². The number of benzene rings is 1. The van der Waals surface area contributed by atoms with Gasteiger partial charge in [0.25, 0.3) is 0 Å². The molecule has 1 aromatic carbocycles. The van der Waals surface area contributed by atoms with Crippen molar-refractivity contribution in [3.63, 3.8) is 0 Å². The van der Waals surface area contributed by atoms with Crippen LogP contribution < -0.4 is 11.2 Å². The Morgan fingerprint density at radius 1 is 1.38 bits per heavy atom. The molecule has 0 bridgehead atoms. The first-order valence-corrected chi connectivity index (χ1v) is 4.87. The topological polar surface area (TPSA) is 50.4 Å². The fourth-order valence-corrected chi connectivity index (χ4v) is 2.15. The Kier molecular flexibility index (Phi) is 1.92. The minimum Gasteiger partial charge on any atom is -0.377 e. The average molecular weight is 193 g/mol. The van der Waals surface area contributed by atoms with Crippen LogP contribution in [0, 0.1) is 0 Å². The van der Waals surface area contributed by atoms with Crippen molar-refractivity contribution in [1.82, 2.24) is 5.43 Å². The van der Waals surface area contributed by atoms with E-state index in [1.54, 1.807) is 0 Å². The largest absolute Gasteiger partial charge is 0.377 e. The predicted octanol–water partition coefficient (Wildman–Crippen LogP) is 1.43. The van der Waals surface area contributed by atoms with Crippen molar-refractivity contribution in [2.75, 3.05) is 0 Å². The maximum absolute atomic E-state index is 5.60. The van der Waals surface area contributed by atoms with Gasteiger partial charge in [-0.25, -0.2) is 0 Å². The summed E-state index contributed by atoms with van der Waals surface area (Å²) < 4.78 is 0. The van der Waals surface area contributed by atoms with E-state index >= 15 is 0 Å². The van der Waals surface area contributed by atoms with Gasteiger partial charge in [0.05, 0.1) is 0 Å². The number of nitrogens with two attached hydrogens (primary N) is 1. The molecule has 3 nitrogen and oxygen atoms in total. The molecule has 0 unspecified atom stereocenters. The molecule has 0 aromatic heterocycles. The van der Waals surface area contributed by atoms with Crippen molar-refractivity contribution in [3.8, 4) is 0 Å². The number of amidine groups is 1. The third kappa shape index (κ3) is 1.49. The molecule has 0 amide bonds. The van der Waals surface area contributed by atoms with E-state index in [-0.39, 0.29) is 4.87 Å². The Balaban J connectivity index is 2.28. The molecule has 0 spiro atoms. The van der Waals surface area contributed by atoms with Crippen LogP contribution in [0.25, 0.3) is 0 Å². The number of hydrogen-bond donors (Lipinski definition) is 2. The molecule has 0 saturated heterocycles. The van der Waals surface area contributed by atoms with Crippen molar-refractivity contribution in [2.24, 2.45) is 10.8 Å². The summed E-state index contributed by atoms with van der Waals surface area (Å²) >= 11 is 1.54. The second-order valence-corrected chi connectivity index (χ2v) is 4.50. The molecule has 2 rings (SSSR count). The normalized spacial score (nSPS) is 26.7. The second kappa shape index (κ2) is 2.96. The quantitative estimate of drug-likeness (QED) is 0.709. The fraction of sp³-hybridized carbons (Fsp3) is 0.222. The van der Waals surface area contributed by atoms with E-state index in [1.165, 1.54) is 17.3 Å². The lowest BCUT2D eigenvalue weighted by molar-refractivity contribution is 0.563. The van der Waals surface area contributed by atoms with E-state index in [0.29, 0.717) is 5.17 Å². The Labute approximate surface area is 81.4 Å². The average Bonchev–Trinajstić information content (AvgIpc) is 2.49. The summed E-state index contributed by atoms with van der Waals surface area (Å²) in [5.41, 5.74) is 9.81. The SMILES string of the molecule is C[C@@]1(c2ccccc2)NN=C(N)S1. The minimum atomic E-state index is -0.203. The summed E-state index contributed by atoms with van der Waals surface area (Å²) in [5.74, 6) is 0. The van der Waals surface area contributed by atoms with Crippen molar-refractivity contribution >= 4 is 16.9 Å². The fourth-order valence-electron chi connectivity index (χ4n) is 1.30. The van der Waals surface area contributed by atoms with E-state index in [9.17, 15) is 0 Å². The minimum absolute atomic E-state index is 0.203. The number of rotatable bonds is 1. The van der Waals surface area contributed by atoms with Crippen LogP contribution in [-0.2, 0) is 4.87 Å². The van der Waals surface area contributed by atoms with E-state index in [1.807, 2.05) is 18.2 Å². The number of nitrogens with zero attached hydrogens (tertiary/aromatic N) is 1. The highest BCUT2D eigenvalue weighted by molar-refractivity contribution is 8.14. The number of thioether (sulfide) groups is 1. The summed E-state index contributed by atoms with van der Waals surface area (Å²) in [4.78, 5) is -0.203. The Bertz CT molecular complexity index is 336. The van der Waals surface area contributed by atoms with Crippen LogP contribution in [0.4, 0.5) is 0 Å². The smallest absolute Gasteiger partial charge is 0.180 e. The summed E-state index contributed by atoms with van der Waals surface area (Å²) in [6.07, 6.45) is 0. The first kappa shape index (κ1) is 8.44. The highest BCUT2D eigenvalue weighted by Gasteiger charge is 2.32. The van der Waals surface area contributed by atoms with E-state index < -0.39 is 0 Å². The molecule has 1 aliphatic rings. The molecule has 0 radical (unpaired) electrons. The van der Waals surface area contributed by atoms with Crippen LogP contribution in [0.2, 0.25) is 0 Å². The highest BCUT2D eigenvalue weighted by atomic mass is 32.2. The van der Waals surface area contributed by atoms with Crippen LogP contribution in [0.15, 0.2) is 35.4 Å². The molecule has 13 heavy (non-hydrogen) atoms. The molecule has 1 aromatic rings. The Morgan fingerprint density at radius 3 is 2.62 bits per heavy atom. The number of hydrogen-bond acceptors (Lipinski definition) is 4. The monoisotopic (exact) mass is 193 g/mol. The van der Waals surface area contributed by atoms with Gasteiger partial charge in [-0.05, 0) is 12.5 Å². The molecule has 0 fully saturated rings. The van der Waals surface area contributed by atoms with Gasteiger partial charge in [0.1, 0.15) is 4.87 Å². The standard InChI is InChI=1S/C9H11N3S/c1-9(12-11-8(10)13-9)7-5-3-2-4-6-7/h2-6,12H,1H3,(H2,10,11)/t9-/m1/s1. The Hall–Kier alpha value is -1.16. The lowest BCUT2D eigenvalue weighted by atomic mass is 10.1. The molecule has 1 heterocycles. The highest BCUT2D eigenvalue weighted by Crippen LogP contribution is 2.36. The van der Waals surface area contributed by atoms with Gasteiger partial charge in [0, 0.05) is 0 Å². The molecule has 68 valence electrons. The first-order chi connectivity index (χ1) is 6.21. The second-order valence-electron chi connectivity index (χ2n) is 3.06. The first-order valence-electron chi connectivity index (χ1n) is 4.05. The molecule has 1 aliphatic heterocycles. The summed E-state index contributed by atoms with van der Waals surface area (Å²) in [5, 5.41) is 4.56. The van der Waals surface area contributed by atoms with Gasteiger partial charge in [0.2, 0.25) is 0 Å². The lowest BCUT2D eigenvalue weighted by Gasteiger charge is -2.22. The zero-order valence-electron chi connectivity index (χ0n) is 7.32. The molecule has 0 aliphatic carbocycles. The summed E-state index contributed by atoms with van der Waals surface area (Å²) in [6.45, 7) is 2.07. The number of nitrogens with one attached hydrogen (secondary N) is 1. The van der Waals surface area contributed by atoms with Gasteiger partial charge in [0.15, 0.2) is 5.17 Å². The van der Waals surface area contributed by atoms with Crippen molar-refractivity contribution in [2.45, 2.75) is 11.8 Å². The molecular formula is C9H11N3S. The molecule has 1 atom stereocenters. The molecule has 4 heteroatoms. The van der Waals surface area contributed by atoms with Crippen LogP contribution in [0.5, 0.6) is 0 Å². The van der Waals surface area contributed by atoms with Crippen LogP contribution >= 0.6 is 11.8 Å². The van der Waals surface area contributed by atoms with Gasteiger partial charge in [-0.1, -0.05) is 42.1 Å². The summed E-state index contributed by atoms with van der Waals surface area (Å²) in [7, 11) is 0. The maximum atomic E-state index is 5.60. The third-order valence-electron chi connectivity index (χ3n) is 2.01. The van der Waals surface area contributed by atoms with Crippen LogP contribution in [-0.4, -0.2) is 5.17 Å². The maximum Gasteiger partial charge on any atom is 0.180 e. The van der Waals surface area contributed by atoms with Crippen molar-refractivity contribution in [1.29, 1.82) is 0 Å².